The molecular weight excluding hydrogens is 244 g/mol. The Bertz CT molecular complexity index is 694. The fourth-order valence-electron chi connectivity index (χ4n) is 2.22. The van der Waals surface area contributed by atoms with Gasteiger partial charge in [0.05, 0.1) is 5.02 Å². The second-order valence-corrected chi connectivity index (χ2v) is 4.57. The molecule has 0 saturated carbocycles. The second kappa shape index (κ2) is 4.35. The molecule has 0 spiro atoms. The first-order chi connectivity index (χ1) is 8.77. The molecular formula is C16H11ClO. The zero-order valence-corrected chi connectivity index (χ0v) is 10.4. The molecule has 0 saturated heterocycles. The summed E-state index contributed by atoms with van der Waals surface area (Å²) in [5.41, 5.74) is 1.65. The lowest BCUT2D eigenvalue weighted by Gasteiger charge is -2.10. The van der Waals surface area contributed by atoms with Gasteiger partial charge in [-0.15, -0.1) is 0 Å². The van der Waals surface area contributed by atoms with E-state index in [0.29, 0.717) is 10.6 Å². The molecule has 0 atom stereocenters. The van der Waals surface area contributed by atoms with Gasteiger partial charge < -0.3 is 5.11 Å². The van der Waals surface area contributed by atoms with Gasteiger partial charge in [-0.25, -0.2) is 0 Å². The lowest BCUT2D eigenvalue weighted by Crippen LogP contribution is -1.83. The highest BCUT2D eigenvalue weighted by Gasteiger charge is 2.11. The van der Waals surface area contributed by atoms with Gasteiger partial charge in [0.1, 0.15) is 5.75 Å². The van der Waals surface area contributed by atoms with Crippen LogP contribution in [-0.2, 0) is 0 Å². The number of phenolic OH excluding ortho intramolecular Hbond substituents is 1. The summed E-state index contributed by atoms with van der Waals surface area (Å²) in [6, 6.07) is 19.3. The van der Waals surface area contributed by atoms with Gasteiger partial charge in [0.2, 0.25) is 0 Å². The van der Waals surface area contributed by atoms with Gasteiger partial charge in [-0.2, -0.15) is 0 Å². The van der Waals surface area contributed by atoms with E-state index in [4.69, 9.17) is 11.6 Å². The van der Waals surface area contributed by atoms with Crippen LogP contribution < -0.4 is 0 Å². The average molecular weight is 255 g/mol. The summed E-state index contributed by atoms with van der Waals surface area (Å²) in [6.45, 7) is 0. The lowest BCUT2D eigenvalue weighted by molar-refractivity contribution is 0.477. The summed E-state index contributed by atoms with van der Waals surface area (Å²) >= 11 is 6.20. The maximum Gasteiger partial charge on any atom is 0.124 e. The molecule has 88 valence electrons. The number of aromatic hydroxyl groups is 1. The van der Waals surface area contributed by atoms with Crippen LogP contribution in [0.15, 0.2) is 60.7 Å². The summed E-state index contributed by atoms with van der Waals surface area (Å²) in [5.74, 6) is 0.207. The zero-order valence-electron chi connectivity index (χ0n) is 9.60. The fraction of sp³-hybridized carbons (Fsp3) is 0. The van der Waals surface area contributed by atoms with Crippen molar-refractivity contribution in [3.63, 3.8) is 0 Å². The molecule has 2 heteroatoms. The molecule has 0 amide bonds. The van der Waals surface area contributed by atoms with Gasteiger partial charge in [0.15, 0.2) is 0 Å². The van der Waals surface area contributed by atoms with Crippen molar-refractivity contribution in [1.82, 2.24) is 0 Å². The monoisotopic (exact) mass is 254 g/mol. The summed E-state index contributed by atoms with van der Waals surface area (Å²) < 4.78 is 0. The molecule has 0 aromatic heterocycles. The molecule has 0 aliphatic rings. The van der Waals surface area contributed by atoms with Crippen molar-refractivity contribution in [3.8, 4) is 16.9 Å². The SMILES string of the molecule is Oc1cccc(Cl)c1-c1cccc2ccccc12. The van der Waals surface area contributed by atoms with Crippen molar-refractivity contribution >= 4 is 22.4 Å². The van der Waals surface area contributed by atoms with Crippen molar-refractivity contribution < 1.29 is 5.11 Å². The Kier molecular flexibility index (Phi) is 2.69. The van der Waals surface area contributed by atoms with Crippen molar-refractivity contribution in [2.75, 3.05) is 0 Å². The number of hydrogen-bond donors (Lipinski definition) is 1. The normalized spacial score (nSPS) is 10.7. The van der Waals surface area contributed by atoms with Crippen molar-refractivity contribution in [2.24, 2.45) is 0 Å². The smallest absolute Gasteiger partial charge is 0.124 e. The number of fused-ring (bicyclic) bond motifs is 1. The van der Waals surface area contributed by atoms with Crippen LogP contribution in [0, 0.1) is 0 Å². The Labute approximate surface area is 110 Å². The minimum Gasteiger partial charge on any atom is -0.507 e. The molecule has 1 nitrogen and oxygen atoms in total. The zero-order chi connectivity index (χ0) is 12.5. The minimum absolute atomic E-state index is 0.207. The van der Waals surface area contributed by atoms with E-state index in [1.54, 1.807) is 18.2 Å². The first-order valence-electron chi connectivity index (χ1n) is 5.73. The van der Waals surface area contributed by atoms with E-state index >= 15 is 0 Å². The van der Waals surface area contributed by atoms with Crippen LogP contribution in [-0.4, -0.2) is 5.11 Å². The Morgan fingerprint density at radius 3 is 2.33 bits per heavy atom. The first kappa shape index (κ1) is 11.1. The molecule has 3 rings (SSSR count). The largest absolute Gasteiger partial charge is 0.507 e. The third-order valence-corrected chi connectivity index (χ3v) is 3.37. The van der Waals surface area contributed by atoms with Crippen LogP contribution >= 0.6 is 11.6 Å². The van der Waals surface area contributed by atoms with E-state index in [1.165, 1.54) is 0 Å². The van der Waals surface area contributed by atoms with Crippen molar-refractivity contribution in [1.29, 1.82) is 0 Å². The van der Waals surface area contributed by atoms with E-state index in [2.05, 4.69) is 0 Å². The van der Waals surface area contributed by atoms with Crippen LogP contribution in [0.3, 0.4) is 0 Å². The van der Waals surface area contributed by atoms with Gasteiger partial charge in [0.25, 0.3) is 0 Å². The molecule has 0 bridgehead atoms. The van der Waals surface area contributed by atoms with Gasteiger partial charge in [-0.05, 0) is 28.5 Å². The summed E-state index contributed by atoms with van der Waals surface area (Å²) in [7, 11) is 0. The van der Waals surface area contributed by atoms with E-state index in [9.17, 15) is 5.11 Å². The highest BCUT2D eigenvalue weighted by Crippen LogP contribution is 2.39. The second-order valence-electron chi connectivity index (χ2n) is 4.16. The number of halogens is 1. The summed E-state index contributed by atoms with van der Waals surface area (Å²) in [4.78, 5) is 0. The number of phenols is 1. The molecule has 0 heterocycles. The maximum absolute atomic E-state index is 10.0. The molecule has 0 fully saturated rings. The standard InChI is InChI=1S/C16H11ClO/c17-14-9-4-10-15(18)16(14)13-8-3-6-11-5-1-2-7-12(11)13/h1-10,18H. The Morgan fingerprint density at radius 2 is 1.50 bits per heavy atom. The number of hydrogen-bond acceptors (Lipinski definition) is 1. The van der Waals surface area contributed by atoms with Crippen LogP contribution in [0.4, 0.5) is 0 Å². The van der Waals surface area contributed by atoms with E-state index < -0.39 is 0 Å². The summed E-state index contributed by atoms with van der Waals surface area (Å²) in [5, 5.41) is 12.8. The quantitative estimate of drug-likeness (QED) is 0.657. The van der Waals surface area contributed by atoms with Crippen LogP contribution in [0.25, 0.3) is 21.9 Å². The maximum atomic E-state index is 10.0. The Balaban J connectivity index is 2.39. The molecule has 3 aromatic rings. The molecule has 1 N–H and O–H groups in total. The predicted molar refractivity (Wildman–Crippen MR) is 76.1 cm³/mol. The average Bonchev–Trinajstić information content (AvgIpc) is 2.39. The topological polar surface area (TPSA) is 20.2 Å². The Hall–Kier alpha value is -1.99. The first-order valence-corrected chi connectivity index (χ1v) is 6.11. The van der Waals surface area contributed by atoms with Gasteiger partial charge in [0, 0.05) is 5.56 Å². The van der Waals surface area contributed by atoms with Gasteiger partial charge >= 0.3 is 0 Å². The number of benzene rings is 3. The van der Waals surface area contributed by atoms with Crippen LogP contribution in [0.5, 0.6) is 5.75 Å². The van der Waals surface area contributed by atoms with Crippen molar-refractivity contribution in [3.05, 3.63) is 65.7 Å². The van der Waals surface area contributed by atoms with Gasteiger partial charge in [-0.1, -0.05) is 60.1 Å². The van der Waals surface area contributed by atoms with Crippen LogP contribution in [0.1, 0.15) is 0 Å². The third kappa shape index (κ3) is 1.73. The fourth-order valence-corrected chi connectivity index (χ4v) is 2.49. The molecule has 18 heavy (non-hydrogen) atoms. The van der Waals surface area contributed by atoms with E-state index in [0.717, 1.165) is 16.3 Å². The Morgan fingerprint density at radius 1 is 0.778 bits per heavy atom. The molecule has 0 radical (unpaired) electrons. The lowest BCUT2D eigenvalue weighted by atomic mass is 9.97. The molecule has 0 unspecified atom stereocenters. The van der Waals surface area contributed by atoms with Crippen molar-refractivity contribution in [2.45, 2.75) is 0 Å². The van der Waals surface area contributed by atoms with E-state index in [1.807, 2.05) is 42.5 Å². The molecule has 0 aliphatic carbocycles. The highest BCUT2D eigenvalue weighted by molar-refractivity contribution is 6.34. The van der Waals surface area contributed by atoms with E-state index in [-0.39, 0.29) is 5.75 Å². The predicted octanol–water partition coefficient (Wildman–Crippen LogP) is 4.87. The minimum atomic E-state index is 0.207. The number of rotatable bonds is 1. The third-order valence-electron chi connectivity index (χ3n) is 3.05. The van der Waals surface area contributed by atoms with Crippen LogP contribution in [0.2, 0.25) is 5.02 Å². The highest BCUT2D eigenvalue weighted by atomic mass is 35.5. The molecule has 3 aromatic carbocycles. The summed E-state index contributed by atoms with van der Waals surface area (Å²) in [6.07, 6.45) is 0. The van der Waals surface area contributed by atoms with Gasteiger partial charge in [-0.3, -0.25) is 0 Å². The molecule has 0 aliphatic heterocycles.